The molecule has 0 aromatic heterocycles. The molecule has 0 atom stereocenters. The Morgan fingerprint density at radius 1 is 1.37 bits per heavy atom. The lowest BCUT2D eigenvalue weighted by atomic mass is 10.2. The number of benzene rings is 1. The first-order valence-corrected chi connectivity index (χ1v) is 7.09. The van der Waals surface area contributed by atoms with Gasteiger partial charge in [0.15, 0.2) is 6.61 Å². The number of anilines is 1. The highest BCUT2D eigenvalue weighted by Gasteiger charge is 2.25. The van der Waals surface area contributed by atoms with Gasteiger partial charge in [0, 0.05) is 17.2 Å². The third-order valence-corrected chi connectivity index (χ3v) is 3.43. The lowest BCUT2D eigenvalue weighted by Gasteiger charge is -2.29. The molecule has 0 unspecified atom stereocenters. The van der Waals surface area contributed by atoms with Crippen molar-refractivity contribution in [1.29, 1.82) is 0 Å². The van der Waals surface area contributed by atoms with Crippen molar-refractivity contribution in [3.63, 3.8) is 0 Å². The lowest BCUT2D eigenvalue weighted by molar-refractivity contribution is -0.121. The van der Waals surface area contributed by atoms with Crippen molar-refractivity contribution in [2.45, 2.75) is 0 Å². The highest BCUT2D eigenvalue weighted by Crippen LogP contribution is 2.33. The van der Waals surface area contributed by atoms with Crippen LogP contribution in [-0.4, -0.2) is 46.0 Å². The van der Waals surface area contributed by atoms with Gasteiger partial charge in [-0.25, -0.2) is 0 Å². The molecule has 6 heteroatoms. The van der Waals surface area contributed by atoms with E-state index in [1.165, 1.54) is 0 Å². The van der Waals surface area contributed by atoms with Gasteiger partial charge in [-0.2, -0.15) is 0 Å². The van der Waals surface area contributed by atoms with Gasteiger partial charge in [0.05, 0.1) is 25.5 Å². The van der Waals surface area contributed by atoms with Crippen LogP contribution in [-0.2, 0) is 14.3 Å². The van der Waals surface area contributed by atoms with E-state index in [0.29, 0.717) is 26.4 Å². The number of hydrogen-bond donors (Lipinski definition) is 0. The number of halogens is 1. The molecule has 1 aromatic rings. The summed E-state index contributed by atoms with van der Waals surface area (Å²) in [5.74, 6) is 0.715. The van der Waals surface area contributed by atoms with E-state index in [1.807, 2.05) is 18.2 Å². The fraction of sp³-hybridized carbons (Fsp3) is 0.462. The number of hydrogen-bond acceptors (Lipinski definition) is 4. The summed E-state index contributed by atoms with van der Waals surface area (Å²) in [6.45, 7) is 2.20. The fourth-order valence-electron chi connectivity index (χ4n) is 1.82. The summed E-state index contributed by atoms with van der Waals surface area (Å²) in [4.78, 5) is 13.6. The van der Waals surface area contributed by atoms with Crippen molar-refractivity contribution < 1.29 is 19.0 Å². The fourth-order valence-corrected chi connectivity index (χ4v) is 2.29. The number of amides is 1. The van der Waals surface area contributed by atoms with E-state index in [-0.39, 0.29) is 12.5 Å². The van der Waals surface area contributed by atoms with Crippen molar-refractivity contribution in [3.8, 4) is 5.75 Å². The van der Waals surface area contributed by atoms with Gasteiger partial charge in [-0.1, -0.05) is 0 Å². The zero-order chi connectivity index (χ0) is 13.7. The van der Waals surface area contributed by atoms with Crippen LogP contribution in [0.2, 0.25) is 0 Å². The van der Waals surface area contributed by atoms with Gasteiger partial charge in [0.2, 0.25) is 0 Å². The Morgan fingerprint density at radius 3 is 3.00 bits per heavy atom. The molecular weight excluding hydrogens is 361 g/mol. The second-order valence-electron chi connectivity index (χ2n) is 4.05. The quantitative estimate of drug-likeness (QED) is 0.559. The van der Waals surface area contributed by atoms with Crippen LogP contribution in [0, 0.1) is 3.57 Å². The zero-order valence-electron chi connectivity index (χ0n) is 10.7. The molecule has 0 aliphatic carbocycles. The van der Waals surface area contributed by atoms with E-state index < -0.39 is 0 Å². The minimum Gasteiger partial charge on any atom is -0.482 e. The molecule has 1 amide bonds. The first kappa shape index (κ1) is 14.5. The number of carbonyl (C=O) groups excluding carboxylic acids is 1. The van der Waals surface area contributed by atoms with Crippen LogP contribution in [0.1, 0.15) is 0 Å². The first-order chi connectivity index (χ1) is 9.22. The largest absolute Gasteiger partial charge is 0.482 e. The highest BCUT2D eigenvalue weighted by atomic mass is 127. The molecule has 0 N–H and O–H groups in total. The topological polar surface area (TPSA) is 48.0 Å². The van der Waals surface area contributed by atoms with E-state index in [4.69, 9.17) is 14.2 Å². The molecule has 0 saturated carbocycles. The van der Waals surface area contributed by atoms with E-state index in [0.717, 1.165) is 15.0 Å². The van der Waals surface area contributed by atoms with Gasteiger partial charge in [-0.3, -0.25) is 4.79 Å². The molecule has 0 saturated heterocycles. The normalized spacial score (nSPS) is 14.2. The molecule has 0 spiro atoms. The van der Waals surface area contributed by atoms with E-state index >= 15 is 0 Å². The Labute approximate surface area is 126 Å². The average Bonchev–Trinajstić information content (AvgIpc) is 2.41. The zero-order valence-corrected chi connectivity index (χ0v) is 12.9. The Morgan fingerprint density at radius 2 is 2.21 bits per heavy atom. The number of nitrogens with zero attached hydrogens (tertiary/aromatic N) is 1. The molecule has 1 aliphatic heterocycles. The predicted molar refractivity (Wildman–Crippen MR) is 79.7 cm³/mol. The van der Waals surface area contributed by atoms with Crippen LogP contribution < -0.4 is 9.64 Å². The van der Waals surface area contributed by atoms with Crippen molar-refractivity contribution >= 4 is 34.2 Å². The molecule has 0 bridgehead atoms. The predicted octanol–water partition coefficient (Wildman–Crippen LogP) is 1.68. The summed E-state index contributed by atoms with van der Waals surface area (Å²) in [7, 11) is 1.63. The van der Waals surface area contributed by atoms with Crippen molar-refractivity contribution in [2.24, 2.45) is 0 Å². The molecule has 104 valence electrons. The van der Waals surface area contributed by atoms with Gasteiger partial charge >= 0.3 is 0 Å². The number of fused-ring (bicyclic) bond motifs is 1. The lowest BCUT2D eigenvalue weighted by Crippen LogP contribution is -2.40. The Kier molecular flexibility index (Phi) is 5.41. The highest BCUT2D eigenvalue weighted by molar-refractivity contribution is 14.1. The van der Waals surface area contributed by atoms with E-state index in [2.05, 4.69) is 22.6 Å². The second kappa shape index (κ2) is 7.06. The maximum absolute atomic E-state index is 11.9. The van der Waals surface area contributed by atoms with Crippen LogP contribution >= 0.6 is 22.6 Å². The van der Waals surface area contributed by atoms with Crippen LogP contribution in [0.25, 0.3) is 0 Å². The average molecular weight is 377 g/mol. The number of ether oxygens (including phenoxy) is 3. The third-order valence-electron chi connectivity index (χ3n) is 2.76. The van der Waals surface area contributed by atoms with Gasteiger partial charge < -0.3 is 19.1 Å². The molecule has 0 radical (unpaired) electrons. The van der Waals surface area contributed by atoms with Crippen LogP contribution in [0.5, 0.6) is 5.75 Å². The minimum atomic E-state index is -0.0379. The van der Waals surface area contributed by atoms with Crippen molar-refractivity contribution in [3.05, 3.63) is 21.8 Å². The van der Waals surface area contributed by atoms with Crippen molar-refractivity contribution in [1.82, 2.24) is 0 Å². The Hall–Kier alpha value is -0.860. The molecule has 1 aliphatic rings. The van der Waals surface area contributed by atoms with E-state index in [9.17, 15) is 4.79 Å². The van der Waals surface area contributed by atoms with E-state index in [1.54, 1.807) is 12.0 Å². The molecule has 1 aromatic carbocycles. The Balaban J connectivity index is 1.98. The number of rotatable bonds is 6. The number of carbonyl (C=O) groups is 1. The maximum Gasteiger partial charge on any atom is 0.265 e. The summed E-state index contributed by atoms with van der Waals surface area (Å²) in [6.07, 6.45) is 0. The molecule has 5 nitrogen and oxygen atoms in total. The van der Waals surface area contributed by atoms with Crippen LogP contribution in [0.4, 0.5) is 5.69 Å². The van der Waals surface area contributed by atoms with Crippen molar-refractivity contribution in [2.75, 3.05) is 45.0 Å². The van der Waals surface area contributed by atoms with Gasteiger partial charge in [0.25, 0.3) is 5.91 Å². The minimum absolute atomic E-state index is 0.0379. The Bertz CT molecular complexity index is 452. The molecule has 0 fully saturated rings. The van der Waals surface area contributed by atoms with Crippen LogP contribution in [0.3, 0.4) is 0 Å². The monoisotopic (exact) mass is 377 g/mol. The number of methoxy groups -OCH3 is 1. The summed E-state index contributed by atoms with van der Waals surface area (Å²) >= 11 is 2.22. The summed E-state index contributed by atoms with van der Waals surface area (Å²) in [6, 6.07) is 5.80. The molecule has 19 heavy (non-hydrogen) atoms. The standard InChI is InChI=1S/C13H16INO4/c1-17-6-7-18-5-4-15-11-3-2-10(14)8-12(11)19-9-13(15)16/h2-3,8H,4-7,9H2,1H3. The first-order valence-electron chi connectivity index (χ1n) is 6.02. The SMILES string of the molecule is COCCOCCN1C(=O)COc2cc(I)ccc21. The summed E-state index contributed by atoms with van der Waals surface area (Å²) < 4.78 is 16.8. The third kappa shape index (κ3) is 3.80. The maximum atomic E-state index is 11.9. The molecular formula is C13H16INO4. The van der Waals surface area contributed by atoms with Crippen LogP contribution in [0.15, 0.2) is 18.2 Å². The van der Waals surface area contributed by atoms with Gasteiger partial charge in [-0.05, 0) is 40.8 Å². The molecule has 2 rings (SSSR count). The summed E-state index contributed by atoms with van der Waals surface area (Å²) in [5.41, 5.74) is 0.812. The second-order valence-corrected chi connectivity index (χ2v) is 5.30. The summed E-state index contributed by atoms with van der Waals surface area (Å²) in [5, 5.41) is 0. The smallest absolute Gasteiger partial charge is 0.265 e. The van der Waals surface area contributed by atoms with Gasteiger partial charge in [0.1, 0.15) is 5.75 Å². The van der Waals surface area contributed by atoms with Gasteiger partial charge in [-0.15, -0.1) is 0 Å². The molecule has 1 heterocycles.